The second-order valence-electron chi connectivity index (χ2n) is 15.5. The molecule has 13 aromatic rings. The summed E-state index contributed by atoms with van der Waals surface area (Å²) >= 11 is 0. The van der Waals surface area contributed by atoms with Crippen molar-refractivity contribution >= 4 is 0 Å². The molecule has 0 spiro atoms. The van der Waals surface area contributed by atoms with E-state index in [2.05, 4.69) is 129 Å². The molecule has 78 heavy (non-hydrogen) atoms. The molecule has 0 unspecified atom stereocenters. The first kappa shape index (κ1) is 60.1. The standard InChI is InChI=1S/C16H13N2.C11H8N.C10H9N2.3C7H5N4.3Ir/c1-3-7-14(8-4-1)11-18-12-16(17-13-18)15-9-5-2-6-10-15;1-2-6-10(7-3-1)11-8-4-5-9-12-11;1-12-7-10(11-8-12)9-5-3-2-4-6-9;3*1-2-4-8-6(3-1)7-5-9-11-10-7;;;/h1-9,12-13H,11H2;1-6,8-9H;2-5,7-8H,1H3;3*1-5H;;;/q6*-1;;;. The second-order valence-corrected chi connectivity index (χ2v) is 15.5. The Morgan fingerprint density at radius 3 is 1.09 bits per heavy atom. The third-order valence-electron chi connectivity index (χ3n) is 10.1. The fraction of sp³-hybridized carbons (Fsp3) is 0.0345. The van der Waals surface area contributed by atoms with Gasteiger partial charge in [0.1, 0.15) is 0 Å². The molecule has 0 saturated heterocycles. The zero-order valence-electron chi connectivity index (χ0n) is 41.4. The number of aromatic nitrogens is 17. The molecule has 0 N–H and O–H groups in total. The molecule has 9 heterocycles. The van der Waals surface area contributed by atoms with Gasteiger partial charge in [0, 0.05) is 110 Å². The maximum atomic E-state index is 4.41. The van der Waals surface area contributed by atoms with Gasteiger partial charge in [-0.3, -0.25) is 40.6 Å². The van der Waals surface area contributed by atoms with Crippen LogP contribution in [0.3, 0.4) is 0 Å². The van der Waals surface area contributed by atoms with Crippen LogP contribution < -0.4 is 15.3 Å². The van der Waals surface area contributed by atoms with Crippen LogP contribution in [-0.2, 0) is 73.9 Å². The quantitative estimate of drug-likeness (QED) is 0.130. The Hall–Kier alpha value is -8.73. The third-order valence-corrected chi connectivity index (χ3v) is 10.1. The summed E-state index contributed by atoms with van der Waals surface area (Å²) in [5, 5.41) is 32.5. The average molecular weight is 1560 g/mol. The number of nitrogens with zero attached hydrogens (tertiary/aromatic N) is 17. The van der Waals surface area contributed by atoms with E-state index in [4.69, 9.17) is 0 Å². The van der Waals surface area contributed by atoms with Crippen LogP contribution in [0.4, 0.5) is 0 Å². The smallest absolute Gasteiger partial charge is 0.0840 e. The van der Waals surface area contributed by atoms with E-state index < -0.39 is 0 Å². The minimum absolute atomic E-state index is 0. The molecule has 13 rings (SSSR count). The van der Waals surface area contributed by atoms with Gasteiger partial charge in [-0.05, 0) is 83.2 Å². The van der Waals surface area contributed by atoms with Crippen LogP contribution in [0.25, 0.3) is 67.9 Å². The van der Waals surface area contributed by atoms with Crippen LogP contribution in [0.5, 0.6) is 0 Å². The number of benzene rings is 4. The predicted molar refractivity (Wildman–Crippen MR) is 284 cm³/mol. The maximum absolute atomic E-state index is 4.41. The summed E-state index contributed by atoms with van der Waals surface area (Å²) in [7, 11) is 1.96. The number of pyridine rings is 4. The first-order chi connectivity index (χ1) is 37.1. The van der Waals surface area contributed by atoms with Gasteiger partial charge in [-0.1, -0.05) is 79.3 Å². The molecule has 0 fully saturated rings. The first-order valence-electron chi connectivity index (χ1n) is 23.2. The topological polar surface area (TPSA) is 207 Å². The van der Waals surface area contributed by atoms with Crippen LogP contribution in [0.2, 0.25) is 0 Å². The maximum Gasteiger partial charge on any atom is 0.0840 e. The molecule has 20 heteroatoms. The number of aryl methyl sites for hydroxylation is 1. The number of imidazole rings is 2. The molecule has 0 saturated carbocycles. The Morgan fingerprint density at radius 1 is 0.372 bits per heavy atom. The molecule has 17 nitrogen and oxygen atoms in total. The predicted octanol–water partition coefficient (Wildman–Crippen LogP) is 9.31. The van der Waals surface area contributed by atoms with Crippen LogP contribution in [-0.4, -0.2) is 70.0 Å². The SMILES string of the molecule is Cn1cnc(-c2[c-]cccc2)c1.[Ir].[Ir].[Ir].[c-]1ccccc1-c1ccccn1.[c-]1ccccc1-c1cn(Cc2ccccc2)cn1.c1ccc(-c2cnn[n-]2)nc1.c1ccc(-c2cnn[n-]2)nc1.c1ccc(-c2cnn[n-]2)nc1. The van der Waals surface area contributed by atoms with Crippen molar-refractivity contribution < 1.29 is 60.3 Å². The Morgan fingerprint density at radius 2 is 0.744 bits per heavy atom. The molecule has 0 atom stereocenters. The molecule has 0 bridgehead atoms. The molecule has 0 aliphatic rings. The van der Waals surface area contributed by atoms with Crippen molar-refractivity contribution in [3.8, 4) is 67.9 Å². The normalized spacial score (nSPS) is 9.60. The number of hydrogen-bond donors (Lipinski definition) is 0. The van der Waals surface area contributed by atoms with Gasteiger partial charge in [0.15, 0.2) is 0 Å². The summed E-state index contributed by atoms with van der Waals surface area (Å²) in [6.45, 7) is 0.848. The first-order valence-corrected chi connectivity index (χ1v) is 23.2. The van der Waals surface area contributed by atoms with E-state index in [1.54, 1.807) is 49.7 Å². The van der Waals surface area contributed by atoms with Crippen molar-refractivity contribution in [2.75, 3.05) is 0 Å². The summed E-state index contributed by atoms with van der Waals surface area (Å²) in [4.78, 5) is 25.1. The minimum atomic E-state index is 0. The fourth-order valence-corrected chi connectivity index (χ4v) is 6.55. The van der Waals surface area contributed by atoms with E-state index in [1.165, 1.54) is 5.56 Å². The van der Waals surface area contributed by atoms with Crippen LogP contribution in [0.15, 0.2) is 244 Å². The summed E-state index contributed by atoms with van der Waals surface area (Å²) in [6, 6.07) is 66.1. The van der Waals surface area contributed by atoms with Crippen molar-refractivity contribution in [2.45, 2.75) is 6.54 Å². The Balaban J connectivity index is 0.000000173. The van der Waals surface area contributed by atoms with E-state index >= 15 is 0 Å². The third kappa shape index (κ3) is 19.8. The Kier molecular flexibility index (Phi) is 26.2. The van der Waals surface area contributed by atoms with E-state index in [0.717, 1.165) is 57.4 Å². The van der Waals surface area contributed by atoms with Gasteiger partial charge in [-0.2, -0.15) is 0 Å². The molecular weight excluding hydrogens is 1510 g/mol. The van der Waals surface area contributed by atoms with Crippen LogP contribution in [0, 0.1) is 18.2 Å². The van der Waals surface area contributed by atoms with Crippen LogP contribution in [0.1, 0.15) is 5.56 Å². The van der Waals surface area contributed by atoms with Gasteiger partial charge in [-0.15, -0.1) is 108 Å². The molecule has 3 radical (unpaired) electrons. The summed E-state index contributed by atoms with van der Waals surface area (Å²) < 4.78 is 4.02. The summed E-state index contributed by atoms with van der Waals surface area (Å²) in [5.74, 6) is 0. The van der Waals surface area contributed by atoms with Gasteiger partial charge in [0.25, 0.3) is 0 Å². The monoisotopic (exact) mass is 1560 g/mol. The molecule has 9 aromatic heterocycles. The summed E-state index contributed by atoms with van der Waals surface area (Å²) in [5.41, 5.74) is 11.8. The van der Waals surface area contributed by atoms with Gasteiger partial charge in [0.05, 0.1) is 29.7 Å². The van der Waals surface area contributed by atoms with E-state index in [9.17, 15) is 0 Å². The van der Waals surface area contributed by atoms with Crippen molar-refractivity contribution in [2.24, 2.45) is 7.05 Å². The van der Waals surface area contributed by atoms with Crippen molar-refractivity contribution in [1.82, 2.24) is 85.3 Å². The zero-order chi connectivity index (χ0) is 51.4. The van der Waals surface area contributed by atoms with E-state index in [-0.39, 0.29) is 60.3 Å². The van der Waals surface area contributed by atoms with E-state index in [1.807, 2.05) is 176 Å². The van der Waals surface area contributed by atoms with Crippen molar-refractivity contribution in [3.63, 3.8) is 0 Å². The largest absolute Gasteiger partial charge is 0.358 e. The van der Waals surface area contributed by atoms with Crippen molar-refractivity contribution in [3.05, 3.63) is 268 Å². The molecular formula is C58H45Ir3N17-6. The van der Waals surface area contributed by atoms with Gasteiger partial charge in [-0.25, -0.2) is 0 Å². The molecule has 0 amide bonds. The Labute approximate surface area is 491 Å². The second kappa shape index (κ2) is 34.0. The van der Waals surface area contributed by atoms with Crippen molar-refractivity contribution in [1.29, 1.82) is 0 Å². The van der Waals surface area contributed by atoms with Gasteiger partial charge >= 0.3 is 0 Å². The van der Waals surface area contributed by atoms with Gasteiger partial charge in [0.2, 0.25) is 0 Å². The molecule has 395 valence electrons. The van der Waals surface area contributed by atoms with Gasteiger partial charge < -0.3 is 44.7 Å². The molecule has 4 aromatic carbocycles. The number of rotatable bonds is 8. The molecule has 0 aliphatic heterocycles. The Bertz CT molecular complexity index is 3290. The minimum Gasteiger partial charge on any atom is -0.358 e. The summed E-state index contributed by atoms with van der Waals surface area (Å²) in [6.07, 6.45) is 19.4. The average Bonchev–Trinajstić information content (AvgIpc) is 4.39. The van der Waals surface area contributed by atoms with Crippen LogP contribution >= 0.6 is 0 Å². The van der Waals surface area contributed by atoms with E-state index in [0.29, 0.717) is 17.1 Å². The molecule has 0 aliphatic carbocycles. The zero-order valence-corrected chi connectivity index (χ0v) is 48.6. The fourth-order valence-electron chi connectivity index (χ4n) is 6.55. The number of hydrogen-bond acceptors (Lipinski definition) is 12.